The van der Waals surface area contributed by atoms with Crippen molar-refractivity contribution in [2.75, 3.05) is 14.2 Å². The molecule has 0 aromatic heterocycles. The zero-order chi connectivity index (χ0) is 15.6. The van der Waals surface area contributed by atoms with Crippen LogP contribution in [0.15, 0.2) is 34.8 Å². The van der Waals surface area contributed by atoms with Gasteiger partial charge in [0.25, 0.3) is 0 Å². The third kappa shape index (κ3) is 3.06. The molecule has 2 aromatic carbocycles. The quantitative estimate of drug-likeness (QED) is 0.899. The molecule has 2 rings (SSSR count). The molecule has 0 fully saturated rings. The summed E-state index contributed by atoms with van der Waals surface area (Å²) in [7, 11) is 3.19. The summed E-state index contributed by atoms with van der Waals surface area (Å²) < 4.78 is 11.6. The van der Waals surface area contributed by atoms with Gasteiger partial charge in [0, 0.05) is 4.47 Å². The van der Waals surface area contributed by atoms with Crippen LogP contribution in [0.5, 0.6) is 11.5 Å². The van der Waals surface area contributed by atoms with E-state index in [1.54, 1.807) is 14.2 Å². The van der Waals surface area contributed by atoms with Crippen molar-refractivity contribution in [1.82, 2.24) is 0 Å². The summed E-state index contributed by atoms with van der Waals surface area (Å²) in [4.78, 5) is 0. The van der Waals surface area contributed by atoms with Gasteiger partial charge in [-0.3, -0.25) is 0 Å². The molecule has 0 aliphatic carbocycles. The van der Waals surface area contributed by atoms with Crippen LogP contribution in [0.4, 0.5) is 0 Å². The normalized spacial score (nSPS) is 12.1. The lowest BCUT2D eigenvalue weighted by Crippen LogP contribution is -2.05. The number of hydrogen-bond acceptors (Lipinski definition) is 3. The fraction of sp³-hybridized carbons (Fsp3) is 0.294. The van der Waals surface area contributed by atoms with Crippen LogP contribution in [0.1, 0.15) is 28.4 Å². The van der Waals surface area contributed by atoms with Gasteiger partial charge in [-0.1, -0.05) is 28.1 Å². The maximum atomic E-state index is 10.7. The van der Waals surface area contributed by atoms with Crippen molar-refractivity contribution < 1.29 is 14.6 Å². The second-order valence-electron chi connectivity index (χ2n) is 4.92. The third-order valence-corrected chi connectivity index (χ3v) is 4.53. The minimum atomic E-state index is -0.706. The monoisotopic (exact) mass is 350 g/mol. The number of halogens is 1. The summed E-state index contributed by atoms with van der Waals surface area (Å²) in [6, 6.07) is 9.53. The molecule has 112 valence electrons. The van der Waals surface area contributed by atoms with Gasteiger partial charge in [-0.2, -0.15) is 0 Å². The largest absolute Gasteiger partial charge is 0.493 e. The van der Waals surface area contributed by atoms with Gasteiger partial charge in [0.05, 0.1) is 14.2 Å². The molecule has 0 saturated carbocycles. The number of benzene rings is 2. The molecule has 1 atom stereocenters. The highest BCUT2D eigenvalue weighted by molar-refractivity contribution is 9.10. The van der Waals surface area contributed by atoms with Crippen LogP contribution < -0.4 is 9.47 Å². The van der Waals surface area contributed by atoms with Crippen LogP contribution in [0.25, 0.3) is 0 Å². The fourth-order valence-electron chi connectivity index (χ4n) is 2.38. The van der Waals surface area contributed by atoms with Gasteiger partial charge in [-0.05, 0) is 54.3 Å². The van der Waals surface area contributed by atoms with Gasteiger partial charge in [0.2, 0.25) is 0 Å². The number of methoxy groups -OCH3 is 2. The van der Waals surface area contributed by atoms with Crippen LogP contribution in [0.3, 0.4) is 0 Å². The minimum Gasteiger partial charge on any atom is -0.493 e. The number of aliphatic hydroxyl groups is 1. The lowest BCUT2D eigenvalue weighted by atomic mass is 9.94. The first-order chi connectivity index (χ1) is 9.99. The SMILES string of the molecule is COc1cc(C)c(C(O)c2cccc(Br)c2C)cc1OC. The molecule has 2 aromatic rings. The van der Waals surface area contributed by atoms with E-state index in [0.717, 1.165) is 26.7 Å². The van der Waals surface area contributed by atoms with E-state index in [0.29, 0.717) is 11.5 Å². The molecule has 0 aliphatic heterocycles. The van der Waals surface area contributed by atoms with Gasteiger partial charge in [0.15, 0.2) is 11.5 Å². The fourth-order valence-corrected chi connectivity index (χ4v) is 2.76. The van der Waals surface area contributed by atoms with Gasteiger partial charge in [-0.25, -0.2) is 0 Å². The van der Waals surface area contributed by atoms with Crippen LogP contribution in [-0.4, -0.2) is 19.3 Å². The summed E-state index contributed by atoms with van der Waals surface area (Å²) in [6.07, 6.45) is -0.706. The predicted octanol–water partition coefficient (Wildman–Crippen LogP) is 4.16. The first-order valence-electron chi connectivity index (χ1n) is 6.65. The van der Waals surface area contributed by atoms with Crippen molar-refractivity contribution in [1.29, 1.82) is 0 Å². The molecular weight excluding hydrogens is 332 g/mol. The van der Waals surface area contributed by atoms with Gasteiger partial charge in [0.1, 0.15) is 6.10 Å². The van der Waals surface area contributed by atoms with Crippen molar-refractivity contribution in [3.63, 3.8) is 0 Å². The summed E-state index contributed by atoms with van der Waals surface area (Å²) in [5, 5.41) is 10.7. The maximum absolute atomic E-state index is 10.7. The minimum absolute atomic E-state index is 0.616. The van der Waals surface area contributed by atoms with Crippen LogP contribution in [-0.2, 0) is 0 Å². The Balaban J connectivity index is 2.53. The molecule has 0 saturated heterocycles. The smallest absolute Gasteiger partial charge is 0.161 e. The van der Waals surface area contributed by atoms with Crippen molar-refractivity contribution in [3.8, 4) is 11.5 Å². The molecule has 0 bridgehead atoms. The Morgan fingerprint density at radius 2 is 1.62 bits per heavy atom. The van der Waals surface area contributed by atoms with E-state index in [1.165, 1.54) is 0 Å². The van der Waals surface area contributed by atoms with Gasteiger partial charge < -0.3 is 14.6 Å². The summed E-state index contributed by atoms with van der Waals surface area (Å²) in [5.74, 6) is 1.28. The average Bonchev–Trinajstić information content (AvgIpc) is 2.49. The van der Waals surface area contributed by atoms with E-state index in [1.807, 2.05) is 44.2 Å². The highest BCUT2D eigenvalue weighted by Gasteiger charge is 2.19. The van der Waals surface area contributed by atoms with Crippen molar-refractivity contribution in [2.24, 2.45) is 0 Å². The highest BCUT2D eigenvalue weighted by Crippen LogP contribution is 2.36. The number of aryl methyl sites for hydroxylation is 1. The molecule has 0 heterocycles. The Morgan fingerprint density at radius 3 is 2.24 bits per heavy atom. The van der Waals surface area contributed by atoms with Crippen LogP contribution in [0, 0.1) is 13.8 Å². The van der Waals surface area contributed by atoms with Crippen molar-refractivity contribution >= 4 is 15.9 Å². The Bertz CT molecular complexity index is 653. The average molecular weight is 351 g/mol. The molecule has 0 aliphatic rings. The Kier molecular flexibility index (Phi) is 4.91. The van der Waals surface area contributed by atoms with E-state index >= 15 is 0 Å². The third-order valence-electron chi connectivity index (χ3n) is 3.67. The number of hydrogen-bond donors (Lipinski definition) is 1. The maximum Gasteiger partial charge on any atom is 0.161 e. The number of aliphatic hydroxyl groups excluding tert-OH is 1. The lowest BCUT2D eigenvalue weighted by molar-refractivity contribution is 0.218. The van der Waals surface area contributed by atoms with E-state index in [2.05, 4.69) is 15.9 Å². The molecule has 0 radical (unpaired) electrons. The second kappa shape index (κ2) is 6.50. The zero-order valence-electron chi connectivity index (χ0n) is 12.6. The van der Waals surface area contributed by atoms with Crippen molar-refractivity contribution in [3.05, 3.63) is 57.1 Å². The molecule has 4 heteroatoms. The Hall–Kier alpha value is -1.52. The van der Waals surface area contributed by atoms with Crippen molar-refractivity contribution in [2.45, 2.75) is 20.0 Å². The second-order valence-corrected chi connectivity index (χ2v) is 5.77. The Labute approximate surface area is 133 Å². The van der Waals surface area contributed by atoms with Gasteiger partial charge in [-0.15, -0.1) is 0 Å². The Morgan fingerprint density at radius 1 is 1.00 bits per heavy atom. The van der Waals surface area contributed by atoms with E-state index in [-0.39, 0.29) is 0 Å². The van der Waals surface area contributed by atoms with E-state index < -0.39 is 6.10 Å². The lowest BCUT2D eigenvalue weighted by Gasteiger charge is -2.19. The highest BCUT2D eigenvalue weighted by atomic mass is 79.9. The molecule has 21 heavy (non-hydrogen) atoms. The van der Waals surface area contributed by atoms with Gasteiger partial charge >= 0.3 is 0 Å². The number of ether oxygens (including phenoxy) is 2. The topological polar surface area (TPSA) is 38.7 Å². The van der Waals surface area contributed by atoms with Crippen LogP contribution in [0.2, 0.25) is 0 Å². The molecule has 1 unspecified atom stereocenters. The molecule has 0 spiro atoms. The molecule has 3 nitrogen and oxygen atoms in total. The summed E-state index contributed by atoms with van der Waals surface area (Å²) >= 11 is 3.50. The summed E-state index contributed by atoms with van der Waals surface area (Å²) in [5.41, 5.74) is 3.67. The van der Waals surface area contributed by atoms with Crippen LogP contribution >= 0.6 is 15.9 Å². The predicted molar refractivity (Wildman–Crippen MR) is 87.2 cm³/mol. The summed E-state index contributed by atoms with van der Waals surface area (Å²) in [6.45, 7) is 3.94. The zero-order valence-corrected chi connectivity index (χ0v) is 14.2. The van der Waals surface area contributed by atoms with E-state index in [9.17, 15) is 5.11 Å². The first-order valence-corrected chi connectivity index (χ1v) is 7.44. The molecular formula is C17H19BrO3. The molecule has 1 N–H and O–H groups in total. The molecule has 0 amide bonds. The van der Waals surface area contributed by atoms with E-state index in [4.69, 9.17) is 9.47 Å². The first kappa shape index (κ1) is 15.9. The standard InChI is InChI=1S/C17H19BrO3/c1-10-8-15(20-3)16(21-4)9-13(10)17(19)12-6-5-7-14(18)11(12)2/h5-9,17,19H,1-4H3. The number of rotatable bonds is 4.